The average molecular weight is 432 g/mol. The van der Waals surface area contributed by atoms with Crippen molar-refractivity contribution in [3.63, 3.8) is 0 Å². The van der Waals surface area contributed by atoms with Gasteiger partial charge in [-0.2, -0.15) is 0 Å². The van der Waals surface area contributed by atoms with Gasteiger partial charge < -0.3 is 14.8 Å². The Bertz CT molecular complexity index is 887. The van der Waals surface area contributed by atoms with Crippen LogP contribution in [0.5, 0.6) is 0 Å². The van der Waals surface area contributed by atoms with E-state index in [9.17, 15) is 9.18 Å². The van der Waals surface area contributed by atoms with Crippen molar-refractivity contribution in [2.75, 3.05) is 13.7 Å². The number of ether oxygens (including phenoxy) is 2. The van der Waals surface area contributed by atoms with Gasteiger partial charge in [-0.1, -0.05) is 30.0 Å². The maximum absolute atomic E-state index is 13.9. The van der Waals surface area contributed by atoms with Crippen LogP contribution in [0.2, 0.25) is 0 Å². The highest BCUT2D eigenvalue weighted by Crippen LogP contribution is 2.39. The van der Waals surface area contributed by atoms with Crippen LogP contribution in [0.3, 0.4) is 0 Å². The van der Waals surface area contributed by atoms with Crippen LogP contribution in [0.1, 0.15) is 39.2 Å². The fraction of sp³-hybridized carbons (Fsp3) is 0.458. The zero-order valence-electron chi connectivity index (χ0n) is 18.0. The lowest BCUT2D eigenvalue weighted by Gasteiger charge is -2.41. The van der Waals surface area contributed by atoms with Crippen molar-refractivity contribution in [1.82, 2.24) is 5.32 Å². The summed E-state index contributed by atoms with van der Waals surface area (Å²) in [6, 6.07) is 12.9. The van der Waals surface area contributed by atoms with E-state index in [0.29, 0.717) is 13.0 Å². The Kier molecular flexibility index (Phi) is 7.55. The molecular formula is C24H30FNO3S. The van der Waals surface area contributed by atoms with Gasteiger partial charge in [-0.3, -0.25) is 4.79 Å². The molecule has 0 saturated carbocycles. The molecule has 3 rings (SSSR count). The predicted octanol–water partition coefficient (Wildman–Crippen LogP) is 5.19. The molecule has 0 spiro atoms. The van der Waals surface area contributed by atoms with Crippen LogP contribution in [-0.2, 0) is 20.7 Å². The Morgan fingerprint density at radius 1 is 1.27 bits per heavy atom. The highest BCUT2D eigenvalue weighted by Gasteiger charge is 2.38. The second-order valence-electron chi connectivity index (χ2n) is 8.13. The minimum Gasteiger partial charge on any atom is -0.378 e. The van der Waals surface area contributed by atoms with Crippen LogP contribution in [0.25, 0.3) is 11.1 Å². The molecule has 0 aromatic heterocycles. The first-order chi connectivity index (χ1) is 14.3. The molecule has 1 heterocycles. The average Bonchev–Trinajstić information content (AvgIpc) is 2.68. The monoisotopic (exact) mass is 431 g/mol. The van der Waals surface area contributed by atoms with Crippen LogP contribution < -0.4 is 5.32 Å². The number of methoxy groups -OCH3 is 1. The first kappa shape index (κ1) is 22.8. The predicted molar refractivity (Wildman–Crippen MR) is 119 cm³/mol. The molecule has 2 aromatic rings. The zero-order valence-corrected chi connectivity index (χ0v) is 18.9. The van der Waals surface area contributed by atoms with Crippen LogP contribution in [0.4, 0.5) is 4.39 Å². The Hall–Kier alpha value is -1.89. The zero-order chi connectivity index (χ0) is 21.7. The van der Waals surface area contributed by atoms with Crippen LogP contribution in [-0.4, -0.2) is 36.7 Å². The number of hydrogen-bond donors (Lipinski definition) is 1. The first-order valence-corrected chi connectivity index (χ1v) is 11.2. The molecule has 30 heavy (non-hydrogen) atoms. The number of benzene rings is 2. The molecule has 0 radical (unpaired) electrons. The third-order valence-corrected chi connectivity index (χ3v) is 6.53. The summed E-state index contributed by atoms with van der Waals surface area (Å²) >= 11 is 1.69. The number of rotatable bonds is 7. The summed E-state index contributed by atoms with van der Waals surface area (Å²) < 4.78 is 25.7. The number of nitrogens with one attached hydrogen (secondary N) is 1. The van der Waals surface area contributed by atoms with Crippen molar-refractivity contribution in [2.24, 2.45) is 0 Å². The second-order valence-corrected chi connectivity index (χ2v) is 9.37. The van der Waals surface area contributed by atoms with E-state index in [1.807, 2.05) is 6.07 Å². The van der Waals surface area contributed by atoms with Gasteiger partial charge in [-0.25, -0.2) is 4.39 Å². The Morgan fingerprint density at radius 2 is 2.07 bits per heavy atom. The Labute approximate surface area is 182 Å². The number of amides is 1. The van der Waals surface area contributed by atoms with Gasteiger partial charge in [0, 0.05) is 25.5 Å². The molecule has 2 aromatic carbocycles. The Morgan fingerprint density at radius 3 is 2.73 bits per heavy atom. The molecule has 1 N–H and O–H groups in total. The van der Waals surface area contributed by atoms with E-state index in [1.54, 1.807) is 31.0 Å². The highest BCUT2D eigenvalue weighted by molar-refractivity contribution is 7.99. The lowest BCUT2D eigenvalue weighted by molar-refractivity contribution is -0.155. The maximum Gasteiger partial charge on any atom is 0.216 e. The minimum absolute atomic E-state index is 0.0389. The van der Waals surface area contributed by atoms with Crippen molar-refractivity contribution in [3.8, 4) is 11.1 Å². The van der Waals surface area contributed by atoms with Crippen LogP contribution >= 0.6 is 11.8 Å². The van der Waals surface area contributed by atoms with Gasteiger partial charge in [0.1, 0.15) is 11.3 Å². The van der Waals surface area contributed by atoms with Crippen LogP contribution in [0, 0.1) is 5.82 Å². The van der Waals surface area contributed by atoms with Crippen molar-refractivity contribution in [1.29, 1.82) is 0 Å². The molecule has 0 aliphatic carbocycles. The van der Waals surface area contributed by atoms with Gasteiger partial charge in [0.2, 0.25) is 5.91 Å². The SMILES string of the molecule is COC1CCC(Sc2ccc(CCNC(C)=O)c(-c3cccc(F)c3)c2)OC1(C)C. The summed E-state index contributed by atoms with van der Waals surface area (Å²) in [4.78, 5) is 12.3. The van der Waals surface area contributed by atoms with Crippen molar-refractivity contribution >= 4 is 17.7 Å². The Balaban J connectivity index is 1.82. The van der Waals surface area contributed by atoms with Crippen molar-refractivity contribution in [3.05, 3.63) is 53.8 Å². The number of hydrogen-bond acceptors (Lipinski definition) is 4. The molecule has 1 saturated heterocycles. The fourth-order valence-electron chi connectivity index (χ4n) is 3.89. The molecule has 1 fully saturated rings. The molecular weight excluding hydrogens is 401 g/mol. The van der Waals surface area contributed by atoms with E-state index in [0.717, 1.165) is 34.4 Å². The molecule has 6 heteroatoms. The minimum atomic E-state index is -0.339. The summed E-state index contributed by atoms with van der Waals surface area (Å²) in [6.45, 7) is 6.18. The molecule has 1 aliphatic rings. The van der Waals surface area contributed by atoms with Gasteiger partial charge in [0.25, 0.3) is 0 Å². The standard InChI is InChI=1S/C24H30FNO3S/c1-16(27)26-13-12-17-8-9-20(15-21(17)18-6-5-7-19(25)14-18)30-23-11-10-22(28-4)24(2,3)29-23/h5-9,14-15,22-23H,10-13H2,1-4H3,(H,26,27). The van der Waals surface area contributed by atoms with Gasteiger partial charge in [0.15, 0.2) is 0 Å². The van der Waals surface area contributed by atoms with Crippen molar-refractivity contribution in [2.45, 2.75) is 62.1 Å². The molecule has 4 nitrogen and oxygen atoms in total. The molecule has 162 valence electrons. The summed E-state index contributed by atoms with van der Waals surface area (Å²) in [6.07, 6.45) is 2.63. The molecule has 2 atom stereocenters. The fourth-order valence-corrected chi connectivity index (χ4v) is 5.08. The molecule has 1 aliphatic heterocycles. The number of thioether (sulfide) groups is 1. The van der Waals surface area contributed by atoms with Gasteiger partial charge in [-0.15, -0.1) is 0 Å². The van der Waals surface area contributed by atoms with E-state index in [1.165, 1.54) is 13.0 Å². The summed E-state index contributed by atoms with van der Waals surface area (Å²) in [5, 5.41) is 2.83. The lowest BCUT2D eigenvalue weighted by Crippen LogP contribution is -2.46. The third kappa shape index (κ3) is 5.84. The summed E-state index contributed by atoms with van der Waals surface area (Å²) in [5.74, 6) is -0.317. The first-order valence-electron chi connectivity index (χ1n) is 10.3. The van der Waals surface area contributed by atoms with E-state index in [4.69, 9.17) is 9.47 Å². The molecule has 2 unspecified atom stereocenters. The second kappa shape index (κ2) is 9.94. The van der Waals surface area contributed by atoms with Gasteiger partial charge >= 0.3 is 0 Å². The van der Waals surface area contributed by atoms with Crippen LogP contribution in [0.15, 0.2) is 47.4 Å². The largest absolute Gasteiger partial charge is 0.378 e. The van der Waals surface area contributed by atoms with E-state index >= 15 is 0 Å². The topological polar surface area (TPSA) is 47.6 Å². The van der Waals surface area contributed by atoms with Gasteiger partial charge in [0.05, 0.1) is 11.7 Å². The van der Waals surface area contributed by atoms with E-state index in [2.05, 4.69) is 37.4 Å². The summed E-state index contributed by atoms with van der Waals surface area (Å²) in [5.41, 5.74) is 2.59. The number of carbonyl (C=O) groups is 1. The van der Waals surface area contributed by atoms with Crippen molar-refractivity contribution < 1.29 is 18.7 Å². The highest BCUT2D eigenvalue weighted by atomic mass is 32.2. The summed E-state index contributed by atoms with van der Waals surface area (Å²) in [7, 11) is 1.73. The maximum atomic E-state index is 13.9. The molecule has 1 amide bonds. The number of halogens is 1. The van der Waals surface area contributed by atoms with Gasteiger partial charge in [-0.05, 0) is 74.1 Å². The molecule has 0 bridgehead atoms. The smallest absolute Gasteiger partial charge is 0.216 e. The lowest BCUT2D eigenvalue weighted by atomic mass is 9.94. The number of carbonyl (C=O) groups excluding carboxylic acids is 1. The van der Waals surface area contributed by atoms with E-state index in [-0.39, 0.29) is 28.9 Å². The third-order valence-electron chi connectivity index (χ3n) is 5.41. The van der Waals surface area contributed by atoms with E-state index < -0.39 is 0 Å². The normalized spacial score (nSPS) is 20.7. The quantitative estimate of drug-likeness (QED) is 0.655.